The van der Waals surface area contributed by atoms with Gasteiger partial charge in [0.15, 0.2) is 5.58 Å². The van der Waals surface area contributed by atoms with Gasteiger partial charge in [-0.25, -0.2) is 13.2 Å². The van der Waals surface area contributed by atoms with Gasteiger partial charge in [0.2, 0.25) is 0 Å². The van der Waals surface area contributed by atoms with Gasteiger partial charge in [0.25, 0.3) is 10.0 Å². The molecule has 0 spiro atoms. The molecule has 1 aromatic heterocycles. The van der Waals surface area contributed by atoms with Gasteiger partial charge in [0, 0.05) is 11.8 Å². The summed E-state index contributed by atoms with van der Waals surface area (Å²) in [7, 11) is -3.91. The molecule has 0 amide bonds. The molecule has 0 aliphatic rings. The molecule has 3 rings (SSSR count). The normalized spacial score (nSPS) is 11.5. The Morgan fingerprint density at radius 2 is 2.00 bits per heavy atom. The largest absolute Gasteiger partial charge is 0.481 e. The second-order valence-corrected chi connectivity index (χ2v) is 6.73. The molecule has 0 unspecified atom stereocenters. The summed E-state index contributed by atoms with van der Waals surface area (Å²) in [5.74, 6) is -1.68. The number of benzene rings is 2. The fourth-order valence-corrected chi connectivity index (χ4v) is 3.29. The van der Waals surface area contributed by atoms with E-state index in [9.17, 15) is 18.0 Å². The van der Waals surface area contributed by atoms with Crippen molar-refractivity contribution in [2.24, 2.45) is 0 Å². The van der Waals surface area contributed by atoms with Crippen LogP contribution in [0.4, 0.5) is 5.69 Å². The molecule has 0 saturated carbocycles. The third-order valence-electron chi connectivity index (χ3n) is 3.24. The molecule has 9 heteroatoms. The van der Waals surface area contributed by atoms with Gasteiger partial charge in [-0.2, -0.15) is 0 Å². The first kappa shape index (κ1) is 15.8. The minimum absolute atomic E-state index is 0.0820. The van der Waals surface area contributed by atoms with Crippen molar-refractivity contribution in [2.75, 3.05) is 4.72 Å². The van der Waals surface area contributed by atoms with E-state index in [1.165, 1.54) is 30.3 Å². The van der Waals surface area contributed by atoms with Gasteiger partial charge in [-0.15, -0.1) is 0 Å². The number of hydrogen-bond donors (Lipinski definition) is 3. The van der Waals surface area contributed by atoms with Crippen LogP contribution in [0.5, 0.6) is 0 Å². The lowest BCUT2D eigenvalue weighted by Crippen LogP contribution is -2.13. The highest BCUT2D eigenvalue weighted by Crippen LogP contribution is 2.20. The Labute approximate surface area is 135 Å². The fourth-order valence-electron chi connectivity index (χ4n) is 2.23. The molecule has 3 aromatic rings. The van der Waals surface area contributed by atoms with Crippen LogP contribution in [0.3, 0.4) is 0 Å². The summed E-state index contributed by atoms with van der Waals surface area (Å²) in [5.41, 5.74) is 1.23. The summed E-state index contributed by atoms with van der Waals surface area (Å²) < 4.78 is 32.1. The summed E-state index contributed by atoms with van der Waals surface area (Å²) in [4.78, 5) is 24.2. The molecule has 124 valence electrons. The van der Waals surface area contributed by atoms with Gasteiger partial charge in [0.05, 0.1) is 16.8 Å². The molecule has 0 aliphatic heterocycles. The maximum atomic E-state index is 12.4. The van der Waals surface area contributed by atoms with Crippen molar-refractivity contribution >= 4 is 32.8 Å². The zero-order chi connectivity index (χ0) is 17.3. The van der Waals surface area contributed by atoms with E-state index >= 15 is 0 Å². The number of aromatic nitrogens is 1. The molecular weight excluding hydrogens is 336 g/mol. The average molecular weight is 348 g/mol. The van der Waals surface area contributed by atoms with Crippen molar-refractivity contribution in [1.29, 1.82) is 0 Å². The number of anilines is 1. The number of aromatic amines is 1. The van der Waals surface area contributed by atoms with Crippen LogP contribution in [0.25, 0.3) is 11.1 Å². The number of nitrogens with one attached hydrogen (secondary N) is 2. The Morgan fingerprint density at radius 3 is 2.75 bits per heavy atom. The van der Waals surface area contributed by atoms with Crippen molar-refractivity contribution in [2.45, 2.75) is 11.3 Å². The Balaban J connectivity index is 1.92. The molecule has 0 fully saturated rings. The smallest absolute Gasteiger partial charge is 0.417 e. The zero-order valence-corrected chi connectivity index (χ0v) is 13.0. The summed E-state index contributed by atoms with van der Waals surface area (Å²) in [6.45, 7) is 0. The van der Waals surface area contributed by atoms with Gasteiger partial charge >= 0.3 is 11.7 Å². The molecule has 8 nitrogen and oxygen atoms in total. The number of carbonyl (C=O) groups is 1. The minimum Gasteiger partial charge on any atom is -0.481 e. The van der Waals surface area contributed by atoms with E-state index in [4.69, 9.17) is 9.52 Å². The van der Waals surface area contributed by atoms with E-state index in [-0.39, 0.29) is 22.6 Å². The quantitative estimate of drug-likeness (QED) is 0.641. The highest BCUT2D eigenvalue weighted by Gasteiger charge is 2.16. The fraction of sp³-hybridized carbons (Fsp3) is 0.0667. The van der Waals surface area contributed by atoms with Gasteiger partial charge in [-0.3, -0.25) is 14.5 Å². The Bertz CT molecular complexity index is 1080. The van der Waals surface area contributed by atoms with Gasteiger partial charge in [0.1, 0.15) is 0 Å². The number of sulfonamides is 1. The summed E-state index contributed by atoms with van der Waals surface area (Å²) in [6.07, 6.45) is -0.212. The van der Waals surface area contributed by atoms with Crippen molar-refractivity contribution in [3.63, 3.8) is 0 Å². The molecule has 0 aliphatic carbocycles. The lowest BCUT2D eigenvalue weighted by molar-refractivity contribution is -0.136. The van der Waals surface area contributed by atoms with Crippen LogP contribution in [0.15, 0.2) is 56.6 Å². The molecule has 0 saturated heterocycles. The highest BCUT2D eigenvalue weighted by molar-refractivity contribution is 7.92. The van der Waals surface area contributed by atoms with Crippen molar-refractivity contribution in [3.8, 4) is 0 Å². The predicted molar refractivity (Wildman–Crippen MR) is 85.4 cm³/mol. The van der Waals surface area contributed by atoms with Crippen molar-refractivity contribution in [3.05, 3.63) is 58.6 Å². The molecule has 1 heterocycles. The lowest BCUT2D eigenvalue weighted by atomic mass is 10.1. The third kappa shape index (κ3) is 3.30. The van der Waals surface area contributed by atoms with Crippen LogP contribution < -0.4 is 10.5 Å². The number of carboxylic acid groups (broad SMARTS) is 1. The van der Waals surface area contributed by atoms with Crippen LogP contribution in [-0.4, -0.2) is 24.5 Å². The van der Waals surface area contributed by atoms with E-state index in [1.54, 1.807) is 12.1 Å². The molecule has 0 atom stereocenters. The molecule has 0 radical (unpaired) electrons. The molecule has 0 bridgehead atoms. The zero-order valence-electron chi connectivity index (χ0n) is 12.1. The number of oxazole rings is 1. The van der Waals surface area contributed by atoms with Gasteiger partial charge in [-0.1, -0.05) is 12.1 Å². The minimum atomic E-state index is -3.91. The second-order valence-electron chi connectivity index (χ2n) is 5.05. The van der Waals surface area contributed by atoms with E-state index in [0.29, 0.717) is 11.1 Å². The standard InChI is InChI=1S/C15H12N2O6S/c18-14(19)7-9-2-1-3-10(6-9)17-24(21,22)11-4-5-12-13(8-11)23-15(20)16-12/h1-6,8,17H,7H2,(H,16,20)(H,18,19). The molecular formula is C15H12N2O6S. The summed E-state index contributed by atoms with van der Waals surface area (Å²) >= 11 is 0. The van der Waals surface area contributed by atoms with Crippen LogP contribution in [0.1, 0.15) is 5.56 Å². The average Bonchev–Trinajstić information content (AvgIpc) is 2.85. The number of carboxylic acids is 1. The van der Waals surface area contributed by atoms with Crippen molar-refractivity contribution < 1.29 is 22.7 Å². The maximum absolute atomic E-state index is 12.4. The topological polar surface area (TPSA) is 129 Å². The first-order chi connectivity index (χ1) is 11.3. The van der Waals surface area contributed by atoms with Crippen molar-refractivity contribution in [1.82, 2.24) is 4.98 Å². The third-order valence-corrected chi connectivity index (χ3v) is 4.62. The molecule has 24 heavy (non-hydrogen) atoms. The number of rotatable bonds is 5. The second kappa shape index (κ2) is 5.85. The summed E-state index contributed by atoms with van der Waals surface area (Å²) in [6, 6.07) is 10.1. The van der Waals surface area contributed by atoms with Gasteiger partial charge < -0.3 is 9.52 Å². The van der Waals surface area contributed by atoms with E-state index < -0.39 is 21.7 Å². The van der Waals surface area contributed by atoms with Crippen LogP contribution >= 0.6 is 0 Å². The van der Waals surface area contributed by atoms with E-state index in [2.05, 4.69) is 9.71 Å². The van der Waals surface area contributed by atoms with Crippen LogP contribution in [0.2, 0.25) is 0 Å². The Morgan fingerprint density at radius 1 is 1.21 bits per heavy atom. The van der Waals surface area contributed by atoms with E-state index in [0.717, 1.165) is 0 Å². The highest BCUT2D eigenvalue weighted by atomic mass is 32.2. The number of H-pyrrole nitrogens is 1. The first-order valence-electron chi connectivity index (χ1n) is 6.80. The number of fused-ring (bicyclic) bond motifs is 1. The SMILES string of the molecule is O=C(O)Cc1cccc(NS(=O)(=O)c2ccc3[nH]c(=O)oc3c2)c1. The number of aliphatic carboxylic acids is 1. The van der Waals surface area contributed by atoms with E-state index in [1.807, 2.05) is 0 Å². The first-order valence-corrected chi connectivity index (χ1v) is 8.28. The van der Waals surface area contributed by atoms with Crippen LogP contribution in [0, 0.1) is 0 Å². The maximum Gasteiger partial charge on any atom is 0.417 e. The van der Waals surface area contributed by atoms with Crippen LogP contribution in [-0.2, 0) is 21.2 Å². The predicted octanol–water partition coefficient (Wildman–Crippen LogP) is 1.55. The number of hydrogen-bond acceptors (Lipinski definition) is 5. The molecule has 3 N–H and O–H groups in total. The lowest BCUT2D eigenvalue weighted by Gasteiger charge is -2.09. The Kier molecular flexibility index (Phi) is 3.86. The summed E-state index contributed by atoms with van der Waals surface area (Å²) in [5, 5.41) is 8.79. The monoisotopic (exact) mass is 348 g/mol. The van der Waals surface area contributed by atoms with Gasteiger partial charge in [-0.05, 0) is 29.8 Å². The Hall–Kier alpha value is -3.07. The molecule has 2 aromatic carbocycles.